The van der Waals surface area contributed by atoms with Gasteiger partial charge in [0.2, 0.25) is 0 Å². The molecular weight excluding hydrogens is 186 g/mol. The zero-order valence-corrected chi connectivity index (χ0v) is 9.28. The lowest BCUT2D eigenvalue weighted by Crippen LogP contribution is -2.40. The molecule has 3 rings (SSSR count). The molecule has 2 fully saturated rings. The average Bonchev–Trinajstić information content (AvgIpc) is 2.74. The number of aliphatic imine (C=N–C) groups is 1. The van der Waals surface area contributed by atoms with Crippen LogP contribution in [0.25, 0.3) is 0 Å². The minimum Gasteiger partial charge on any atom is -0.316 e. The van der Waals surface area contributed by atoms with E-state index >= 15 is 0 Å². The quantitative estimate of drug-likeness (QED) is 0.667. The molecule has 3 aliphatic heterocycles. The van der Waals surface area contributed by atoms with Crippen LogP contribution in [0.5, 0.6) is 0 Å². The van der Waals surface area contributed by atoms with Crippen molar-refractivity contribution in [1.29, 1.82) is 0 Å². The van der Waals surface area contributed by atoms with E-state index in [1.54, 1.807) is 0 Å². The molecule has 0 spiro atoms. The Morgan fingerprint density at radius 1 is 1.20 bits per heavy atom. The number of fused-ring (bicyclic) bond motifs is 1. The smallest absolute Gasteiger partial charge is 0.0692 e. The highest BCUT2D eigenvalue weighted by molar-refractivity contribution is 5.59. The van der Waals surface area contributed by atoms with Crippen LogP contribution in [0.1, 0.15) is 25.7 Å². The van der Waals surface area contributed by atoms with Crippen LogP contribution in [-0.4, -0.2) is 37.9 Å². The van der Waals surface area contributed by atoms with Crippen LogP contribution in [0.4, 0.5) is 0 Å². The second kappa shape index (κ2) is 4.22. The fourth-order valence-corrected chi connectivity index (χ4v) is 3.45. The minimum absolute atomic E-state index is 0.587. The van der Waals surface area contributed by atoms with E-state index in [4.69, 9.17) is 4.99 Å². The summed E-state index contributed by atoms with van der Waals surface area (Å²) in [7, 11) is 0. The summed E-state index contributed by atoms with van der Waals surface area (Å²) in [6, 6.07) is 1.27. The molecule has 84 valence electrons. The van der Waals surface area contributed by atoms with E-state index < -0.39 is 0 Å². The fourth-order valence-electron chi connectivity index (χ4n) is 3.45. The first-order valence-corrected chi connectivity index (χ1v) is 6.41. The van der Waals surface area contributed by atoms with Gasteiger partial charge in [-0.25, -0.2) is 0 Å². The standard InChI is InChI=1S/C12H21N3/c1-3-9(7-13-5-1)10-8-15-11-4-2-6-14-12(10)11/h6,9-13,15H,1-5,7-8H2. The first-order chi connectivity index (χ1) is 7.45. The summed E-state index contributed by atoms with van der Waals surface area (Å²) in [6.45, 7) is 3.62. The third kappa shape index (κ3) is 1.83. The second-order valence-corrected chi connectivity index (χ2v) is 5.18. The van der Waals surface area contributed by atoms with Gasteiger partial charge in [0, 0.05) is 12.6 Å². The van der Waals surface area contributed by atoms with E-state index in [0.717, 1.165) is 11.8 Å². The predicted molar refractivity (Wildman–Crippen MR) is 62.4 cm³/mol. The summed E-state index contributed by atoms with van der Waals surface area (Å²) in [5, 5.41) is 7.19. The molecule has 0 aromatic rings. The van der Waals surface area contributed by atoms with Gasteiger partial charge < -0.3 is 10.6 Å². The van der Waals surface area contributed by atoms with E-state index in [1.165, 1.54) is 45.3 Å². The Morgan fingerprint density at radius 2 is 2.20 bits per heavy atom. The summed E-state index contributed by atoms with van der Waals surface area (Å²) in [6.07, 6.45) is 7.37. The molecule has 15 heavy (non-hydrogen) atoms. The Balaban J connectivity index is 1.70. The Hall–Kier alpha value is -0.410. The number of hydrogen-bond acceptors (Lipinski definition) is 3. The molecule has 0 bridgehead atoms. The van der Waals surface area contributed by atoms with Gasteiger partial charge in [-0.05, 0) is 56.8 Å². The van der Waals surface area contributed by atoms with Crippen LogP contribution in [0.15, 0.2) is 4.99 Å². The van der Waals surface area contributed by atoms with Crippen molar-refractivity contribution >= 4 is 6.21 Å². The molecule has 3 aliphatic rings. The van der Waals surface area contributed by atoms with Gasteiger partial charge >= 0.3 is 0 Å². The first-order valence-electron chi connectivity index (χ1n) is 6.41. The third-order valence-corrected chi connectivity index (χ3v) is 4.29. The van der Waals surface area contributed by atoms with Crippen LogP contribution < -0.4 is 10.6 Å². The maximum atomic E-state index is 4.73. The minimum atomic E-state index is 0.587. The predicted octanol–water partition coefficient (Wildman–Crippen LogP) is 0.807. The molecule has 0 radical (unpaired) electrons. The van der Waals surface area contributed by atoms with Crippen molar-refractivity contribution in [2.75, 3.05) is 19.6 Å². The van der Waals surface area contributed by atoms with Crippen LogP contribution in [-0.2, 0) is 0 Å². The number of rotatable bonds is 1. The monoisotopic (exact) mass is 207 g/mol. The van der Waals surface area contributed by atoms with Crippen LogP contribution in [0.2, 0.25) is 0 Å². The van der Waals surface area contributed by atoms with Crippen LogP contribution in [0, 0.1) is 11.8 Å². The SMILES string of the molecule is C1=NC2C(CC1)NCC2C1CCCNC1. The summed E-state index contributed by atoms with van der Waals surface area (Å²) >= 11 is 0. The van der Waals surface area contributed by atoms with Crippen molar-refractivity contribution in [2.45, 2.75) is 37.8 Å². The van der Waals surface area contributed by atoms with Gasteiger partial charge in [-0.1, -0.05) is 0 Å². The van der Waals surface area contributed by atoms with E-state index in [2.05, 4.69) is 16.8 Å². The third-order valence-electron chi connectivity index (χ3n) is 4.29. The van der Waals surface area contributed by atoms with Crippen LogP contribution >= 0.6 is 0 Å². The number of piperidine rings is 1. The molecule has 3 nitrogen and oxygen atoms in total. The van der Waals surface area contributed by atoms with Crippen molar-refractivity contribution in [2.24, 2.45) is 16.8 Å². The number of nitrogens with zero attached hydrogens (tertiary/aromatic N) is 1. The Bertz CT molecular complexity index is 245. The number of hydrogen-bond donors (Lipinski definition) is 2. The highest BCUT2D eigenvalue weighted by atomic mass is 15.1. The lowest BCUT2D eigenvalue weighted by Gasteiger charge is -2.32. The molecule has 2 saturated heterocycles. The van der Waals surface area contributed by atoms with Gasteiger partial charge in [0.1, 0.15) is 0 Å². The molecule has 4 atom stereocenters. The summed E-state index contributed by atoms with van der Waals surface area (Å²) in [4.78, 5) is 4.73. The van der Waals surface area contributed by atoms with E-state index in [-0.39, 0.29) is 0 Å². The van der Waals surface area contributed by atoms with Crippen LogP contribution in [0.3, 0.4) is 0 Å². The van der Waals surface area contributed by atoms with Gasteiger partial charge in [0.05, 0.1) is 6.04 Å². The van der Waals surface area contributed by atoms with E-state index in [0.29, 0.717) is 12.1 Å². The summed E-state index contributed by atoms with van der Waals surface area (Å²) < 4.78 is 0. The van der Waals surface area contributed by atoms with Crippen molar-refractivity contribution in [3.8, 4) is 0 Å². The van der Waals surface area contributed by atoms with Gasteiger partial charge in [-0.15, -0.1) is 0 Å². The molecule has 0 aliphatic carbocycles. The van der Waals surface area contributed by atoms with Gasteiger partial charge in [-0.3, -0.25) is 4.99 Å². The zero-order valence-electron chi connectivity index (χ0n) is 9.28. The maximum Gasteiger partial charge on any atom is 0.0692 e. The zero-order chi connectivity index (χ0) is 10.1. The molecule has 2 N–H and O–H groups in total. The van der Waals surface area contributed by atoms with Gasteiger partial charge in [-0.2, -0.15) is 0 Å². The topological polar surface area (TPSA) is 36.4 Å². The second-order valence-electron chi connectivity index (χ2n) is 5.18. The Labute approximate surface area is 91.7 Å². The molecule has 0 amide bonds. The lowest BCUT2D eigenvalue weighted by molar-refractivity contribution is 0.254. The van der Waals surface area contributed by atoms with E-state index in [9.17, 15) is 0 Å². The summed E-state index contributed by atoms with van der Waals surface area (Å²) in [5.41, 5.74) is 0. The maximum absolute atomic E-state index is 4.73. The molecular formula is C12H21N3. The van der Waals surface area contributed by atoms with Gasteiger partial charge in [0.15, 0.2) is 0 Å². The first kappa shape index (κ1) is 9.79. The molecule has 0 saturated carbocycles. The highest BCUT2D eigenvalue weighted by Gasteiger charge is 2.40. The van der Waals surface area contributed by atoms with Crippen molar-refractivity contribution in [1.82, 2.24) is 10.6 Å². The highest BCUT2D eigenvalue weighted by Crippen LogP contribution is 2.32. The Morgan fingerprint density at radius 3 is 3.07 bits per heavy atom. The van der Waals surface area contributed by atoms with Crippen molar-refractivity contribution < 1.29 is 0 Å². The molecule has 0 aromatic heterocycles. The van der Waals surface area contributed by atoms with Crippen molar-refractivity contribution in [3.05, 3.63) is 0 Å². The summed E-state index contributed by atoms with van der Waals surface area (Å²) in [5.74, 6) is 1.65. The molecule has 0 aromatic carbocycles. The number of nitrogens with one attached hydrogen (secondary N) is 2. The van der Waals surface area contributed by atoms with Gasteiger partial charge in [0.25, 0.3) is 0 Å². The molecule has 3 heterocycles. The average molecular weight is 207 g/mol. The normalized spacial score (nSPS) is 45.3. The largest absolute Gasteiger partial charge is 0.316 e. The Kier molecular flexibility index (Phi) is 2.76. The van der Waals surface area contributed by atoms with Crippen molar-refractivity contribution in [3.63, 3.8) is 0 Å². The molecule has 3 heteroatoms. The lowest BCUT2D eigenvalue weighted by atomic mass is 9.81. The fraction of sp³-hybridized carbons (Fsp3) is 0.917. The molecule has 4 unspecified atom stereocenters. The van der Waals surface area contributed by atoms with E-state index in [1.807, 2.05) is 0 Å².